The zero-order valence-electron chi connectivity index (χ0n) is 9.28. The topological polar surface area (TPSA) is 39.1 Å². The summed E-state index contributed by atoms with van der Waals surface area (Å²) in [4.78, 5) is 0. The second kappa shape index (κ2) is 5.28. The Morgan fingerprint density at radius 1 is 1.60 bits per heavy atom. The maximum absolute atomic E-state index is 4.97. The van der Waals surface area contributed by atoms with Crippen molar-refractivity contribution in [3.8, 4) is 0 Å². The molecule has 4 nitrogen and oxygen atoms in total. The lowest BCUT2D eigenvalue weighted by molar-refractivity contribution is 0.199. The molecule has 1 aliphatic carbocycles. The van der Waals surface area contributed by atoms with Gasteiger partial charge in [0.2, 0.25) is 0 Å². The second-order valence-corrected chi connectivity index (χ2v) is 4.08. The summed E-state index contributed by atoms with van der Waals surface area (Å²) in [7, 11) is 1.72. The van der Waals surface area contributed by atoms with E-state index in [0.29, 0.717) is 6.04 Å². The van der Waals surface area contributed by atoms with Crippen molar-refractivity contribution >= 4 is 0 Å². The molecule has 0 unspecified atom stereocenters. The molecule has 0 amide bonds. The molecule has 1 aliphatic rings. The number of hydrogen-bond acceptors (Lipinski definition) is 3. The molecule has 1 fully saturated rings. The van der Waals surface area contributed by atoms with Crippen molar-refractivity contribution in [2.45, 2.75) is 31.8 Å². The Morgan fingerprint density at radius 2 is 2.47 bits per heavy atom. The molecular formula is C11H19N3O. The third-order valence-electron chi connectivity index (χ3n) is 2.92. The van der Waals surface area contributed by atoms with E-state index in [9.17, 15) is 0 Å². The first-order chi connectivity index (χ1) is 7.40. The Bertz CT molecular complexity index is 294. The van der Waals surface area contributed by atoms with Crippen molar-refractivity contribution in [3.63, 3.8) is 0 Å². The molecule has 4 heteroatoms. The molecule has 84 valence electrons. The predicted octanol–water partition coefficient (Wildman–Crippen LogP) is 1.34. The van der Waals surface area contributed by atoms with Crippen LogP contribution in [0.5, 0.6) is 0 Å². The third kappa shape index (κ3) is 2.79. The molecule has 1 aromatic heterocycles. The Balaban J connectivity index is 1.74. The van der Waals surface area contributed by atoms with Gasteiger partial charge in [-0.3, -0.25) is 4.68 Å². The number of nitrogens with zero attached hydrogens (tertiary/aromatic N) is 2. The Kier molecular flexibility index (Phi) is 3.75. The number of hydrogen-bond donors (Lipinski definition) is 1. The first kappa shape index (κ1) is 10.6. The Labute approximate surface area is 90.6 Å². The van der Waals surface area contributed by atoms with E-state index in [0.717, 1.165) is 19.7 Å². The minimum absolute atomic E-state index is 0.665. The highest BCUT2D eigenvalue weighted by molar-refractivity contribution is 5.04. The molecule has 2 rings (SSSR count). The van der Waals surface area contributed by atoms with Gasteiger partial charge in [0.25, 0.3) is 0 Å². The number of methoxy groups -OCH3 is 1. The molecule has 0 atom stereocenters. The highest BCUT2D eigenvalue weighted by atomic mass is 16.5. The van der Waals surface area contributed by atoms with Crippen LogP contribution >= 0.6 is 0 Å². The summed E-state index contributed by atoms with van der Waals surface area (Å²) in [6.45, 7) is 2.54. The normalized spacial score (nSPS) is 16.6. The van der Waals surface area contributed by atoms with E-state index in [1.807, 2.05) is 6.20 Å². The number of ether oxygens (including phenoxy) is 1. The SMILES string of the molecule is COCCNCc1cnn(C2CCC2)c1. The average Bonchev–Trinajstić information content (AvgIpc) is 2.58. The van der Waals surface area contributed by atoms with Gasteiger partial charge in [0.15, 0.2) is 0 Å². The van der Waals surface area contributed by atoms with Gasteiger partial charge in [-0.05, 0) is 19.3 Å². The summed E-state index contributed by atoms with van der Waals surface area (Å²) in [6.07, 6.45) is 8.05. The molecule has 1 saturated carbocycles. The fourth-order valence-corrected chi connectivity index (χ4v) is 1.73. The maximum atomic E-state index is 4.97. The standard InChI is InChI=1S/C11H19N3O/c1-15-6-5-12-7-10-8-13-14(9-10)11-3-2-4-11/h8-9,11-12H,2-7H2,1H3. The largest absolute Gasteiger partial charge is 0.383 e. The van der Waals surface area contributed by atoms with Gasteiger partial charge in [-0.25, -0.2) is 0 Å². The van der Waals surface area contributed by atoms with Crippen LogP contribution < -0.4 is 5.32 Å². The minimum atomic E-state index is 0.665. The van der Waals surface area contributed by atoms with Gasteiger partial charge >= 0.3 is 0 Å². The van der Waals surface area contributed by atoms with Gasteiger partial charge in [0.1, 0.15) is 0 Å². The van der Waals surface area contributed by atoms with E-state index < -0.39 is 0 Å². The second-order valence-electron chi connectivity index (χ2n) is 4.08. The van der Waals surface area contributed by atoms with E-state index in [2.05, 4.69) is 21.3 Å². The van der Waals surface area contributed by atoms with Crippen LogP contribution in [0.1, 0.15) is 30.9 Å². The summed E-state index contributed by atoms with van der Waals surface area (Å²) in [5, 5.41) is 7.70. The molecule has 1 heterocycles. The molecule has 0 bridgehead atoms. The summed E-state index contributed by atoms with van der Waals surface area (Å²) in [6, 6.07) is 0.665. The third-order valence-corrected chi connectivity index (χ3v) is 2.92. The lowest BCUT2D eigenvalue weighted by Crippen LogP contribution is -2.19. The number of aromatic nitrogens is 2. The molecule has 1 aromatic rings. The van der Waals surface area contributed by atoms with Gasteiger partial charge in [0, 0.05) is 32.0 Å². The molecule has 0 aliphatic heterocycles. The summed E-state index contributed by atoms with van der Waals surface area (Å²) >= 11 is 0. The summed E-state index contributed by atoms with van der Waals surface area (Å²) < 4.78 is 7.07. The summed E-state index contributed by atoms with van der Waals surface area (Å²) in [5.74, 6) is 0. The van der Waals surface area contributed by atoms with Gasteiger partial charge in [-0.15, -0.1) is 0 Å². The molecule has 15 heavy (non-hydrogen) atoms. The molecule has 0 spiro atoms. The monoisotopic (exact) mass is 209 g/mol. The number of rotatable bonds is 6. The highest BCUT2D eigenvalue weighted by Gasteiger charge is 2.19. The van der Waals surface area contributed by atoms with E-state index in [-0.39, 0.29) is 0 Å². The first-order valence-corrected chi connectivity index (χ1v) is 5.63. The van der Waals surface area contributed by atoms with Crippen molar-refractivity contribution in [1.82, 2.24) is 15.1 Å². The molecule has 1 N–H and O–H groups in total. The van der Waals surface area contributed by atoms with Crippen LogP contribution in [0.4, 0.5) is 0 Å². The molecular weight excluding hydrogens is 190 g/mol. The molecule has 0 saturated heterocycles. The van der Waals surface area contributed by atoms with E-state index in [4.69, 9.17) is 4.74 Å². The zero-order chi connectivity index (χ0) is 10.5. The average molecular weight is 209 g/mol. The van der Waals surface area contributed by atoms with Crippen LogP contribution in [0.3, 0.4) is 0 Å². The van der Waals surface area contributed by atoms with Crippen molar-refractivity contribution < 1.29 is 4.74 Å². The van der Waals surface area contributed by atoms with Gasteiger partial charge < -0.3 is 10.1 Å². The smallest absolute Gasteiger partial charge is 0.0587 e. The summed E-state index contributed by atoms with van der Waals surface area (Å²) in [5.41, 5.74) is 1.26. The highest BCUT2D eigenvalue weighted by Crippen LogP contribution is 2.30. The molecule has 0 aromatic carbocycles. The Morgan fingerprint density at radius 3 is 3.13 bits per heavy atom. The van der Waals surface area contributed by atoms with Crippen LogP contribution in [0, 0.1) is 0 Å². The minimum Gasteiger partial charge on any atom is -0.383 e. The predicted molar refractivity (Wildman–Crippen MR) is 58.7 cm³/mol. The van der Waals surface area contributed by atoms with Crippen LogP contribution in [-0.4, -0.2) is 30.0 Å². The lowest BCUT2D eigenvalue weighted by Gasteiger charge is -2.25. The maximum Gasteiger partial charge on any atom is 0.0587 e. The van der Waals surface area contributed by atoms with Gasteiger partial charge in [-0.1, -0.05) is 0 Å². The van der Waals surface area contributed by atoms with Gasteiger partial charge in [-0.2, -0.15) is 5.10 Å². The van der Waals surface area contributed by atoms with Crippen LogP contribution in [-0.2, 0) is 11.3 Å². The first-order valence-electron chi connectivity index (χ1n) is 5.63. The zero-order valence-corrected chi connectivity index (χ0v) is 9.28. The number of nitrogens with one attached hydrogen (secondary N) is 1. The van der Waals surface area contributed by atoms with Crippen molar-refractivity contribution in [3.05, 3.63) is 18.0 Å². The fourth-order valence-electron chi connectivity index (χ4n) is 1.73. The fraction of sp³-hybridized carbons (Fsp3) is 0.727. The van der Waals surface area contributed by atoms with Crippen LogP contribution in [0.2, 0.25) is 0 Å². The van der Waals surface area contributed by atoms with E-state index >= 15 is 0 Å². The van der Waals surface area contributed by atoms with Gasteiger partial charge in [0.05, 0.1) is 18.8 Å². The van der Waals surface area contributed by atoms with Crippen molar-refractivity contribution in [2.24, 2.45) is 0 Å². The van der Waals surface area contributed by atoms with Crippen molar-refractivity contribution in [2.75, 3.05) is 20.3 Å². The van der Waals surface area contributed by atoms with Crippen molar-refractivity contribution in [1.29, 1.82) is 0 Å². The van der Waals surface area contributed by atoms with E-state index in [1.54, 1.807) is 7.11 Å². The lowest BCUT2D eigenvalue weighted by atomic mass is 9.93. The van der Waals surface area contributed by atoms with E-state index in [1.165, 1.54) is 24.8 Å². The quantitative estimate of drug-likeness (QED) is 0.719. The Hall–Kier alpha value is -0.870. The molecule has 0 radical (unpaired) electrons. The van der Waals surface area contributed by atoms with Crippen LogP contribution in [0.25, 0.3) is 0 Å². The van der Waals surface area contributed by atoms with Crippen LogP contribution in [0.15, 0.2) is 12.4 Å².